The van der Waals surface area contributed by atoms with Gasteiger partial charge in [-0.05, 0) is 41.7 Å². The molecule has 33 heavy (non-hydrogen) atoms. The molecule has 10 heteroatoms. The third-order valence-corrected chi connectivity index (χ3v) is 6.17. The summed E-state index contributed by atoms with van der Waals surface area (Å²) in [6.07, 6.45) is 3.89. The van der Waals surface area contributed by atoms with Crippen molar-refractivity contribution in [3.8, 4) is 5.75 Å². The molecule has 8 nitrogen and oxygen atoms in total. The Hall–Kier alpha value is -3.82. The van der Waals surface area contributed by atoms with Crippen LogP contribution in [0.4, 0.5) is 14.6 Å². The molecule has 0 saturated heterocycles. The number of fused-ring (bicyclic) bond motifs is 4. The lowest BCUT2D eigenvalue weighted by molar-refractivity contribution is -0.0499. The Kier molecular flexibility index (Phi) is 5.07. The molecule has 4 heterocycles. The highest BCUT2D eigenvalue weighted by atomic mass is 19.3. The van der Waals surface area contributed by atoms with Gasteiger partial charge in [-0.25, -0.2) is 9.97 Å². The number of nitrogen functional groups attached to an aromatic ring is 1. The van der Waals surface area contributed by atoms with Crippen LogP contribution in [-0.2, 0) is 13.6 Å². The number of nitrogens with zero attached hydrogens (tertiary/aromatic N) is 5. The second-order valence-electron chi connectivity index (χ2n) is 8.27. The van der Waals surface area contributed by atoms with Gasteiger partial charge >= 0.3 is 6.61 Å². The van der Waals surface area contributed by atoms with E-state index in [1.807, 2.05) is 14.0 Å². The number of carbonyl (C=O) groups is 1. The predicted molar refractivity (Wildman–Crippen MR) is 119 cm³/mol. The maximum atomic E-state index is 13.4. The largest absolute Gasteiger partial charge is 0.435 e. The van der Waals surface area contributed by atoms with Crippen molar-refractivity contribution < 1.29 is 18.3 Å². The topological polar surface area (TPSA) is 99.2 Å². The Morgan fingerprint density at radius 3 is 2.85 bits per heavy atom. The smallest absolute Gasteiger partial charge is 0.387 e. The van der Waals surface area contributed by atoms with Gasteiger partial charge in [-0.15, -0.1) is 0 Å². The number of alkyl halides is 2. The Labute approximate surface area is 188 Å². The number of nitrogens with two attached hydrogens (primary N) is 1. The molecular weight excluding hydrogens is 430 g/mol. The zero-order valence-electron chi connectivity index (χ0n) is 18.1. The van der Waals surface area contributed by atoms with Gasteiger partial charge in [0.1, 0.15) is 17.3 Å². The summed E-state index contributed by atoms with van der Waals surface area (Å²) in [6.45, 7) is 0.00834. The van der Waals surface area contributed by atoms with E-state index in [4.69, 9.17) is 5.73 Å². The van der Waals surface area contributed by atoms with Crippen molar-refractivity contribution in [3.63, 3.8) is 0 Å². The van der Waals surface area contributed by atoms with Gasteiger partial charge in [0.05, 0.1) is 28.8 Å². The number of anilines is 1. The van der Waals surface area contributed by atoms with Gasteiger partial charge in [-0.1, -0.05) is 13.0 Å². The molecule has 0 fully saturated rings. The van der Waals surface area contributed by atoms with Crippen LogP contribution in [0.2, 0.25) is 0 Å². The molecule has 170 valence electrons. The zero-order chi connectivity index (χ0) is 23.3. The van der Waals surface area contributed by atoms with Crippen LogP contribution in [-0.4, -0.2) is 43.7 Å². The van der Waals surface area contributed by atoms with E-state index in [9.17, 15) is 13.6 Å². The SMILES string of the molecule is C[C@@H]1CCN(C(=O)c2cc3c(cn2)nc(N)c2cnn(C)c23)Cc2ccc(OC(F)F)cc21. The maximum Gasteiger partial charge on any atom is 0.387 e. The normalized spacial score (nSPS) is 16.3. The fourth-order valence-electron chi connectivity index (χ4n) is 4.46. The van der Waals surface area contributed by atoms with Crippen molar-refractivity contribution in [1.29, 1.82) is 0 Å². The lowest BCUT2D eigenvalue weighted by Gasteiger charge is -2.21. The van der Waals surface area contributed by atoms with E-state index in [0.717, 1.165) is 22.0 Å². The molecular formula is C23H22F2N6O2. The quantitative estimate of drug-likeness (QED) is 0.507. The molecule has 0 saturated carbocycles. The molecule has 1 amide bonds. The Morgan fingerprint density at radius 1 is 1.24 bits per heavy atom. The number of pyridine rings is 2. The number of rotatable bonds is 3. The van der Waals surface area contributed by atoms with Crippen LogP contribution in [0, 0.1) is 0 Å². The van der Waals surface area contributed by atoms with Crippen molar-refractivity contribution in [2.24, 2.45) is 7.05 Å². The number of halogens is 2. The van der Waals surface area contributed by atoms with E-state index >= 15 is 0 Å². The summed E-state index contributed by atoms with van der Waals surface area (Å²) in [5.41, 5.74) is 9.52. The number of carbonyl (C=O) groups excluding carboxylic acids is 1. The molecule has 1 atom stereocenters. The minimum atomic E-state index is -2.88. The fourth-order valence-corrected chi connectivity index (χ4v) is 4.46. The molecule has 0 radical (unpaired) electrons. The van der Waals surface area contributed by atoms with Crippen molar-refractivity contribution in [2.45, 2.75) is 32.4 Å². The zero-order valence-corrected chi connectivity index (χ0v) is 18.1. The molecule has 5 rings (SSSR count). The number of benzene rings is 1. The second-order valence-corrected chi connectivity index (χ2v) is 8.27. The van der Waals surface area contributed by atoms with Crippen molar-refractivity contribution in [2.75, 3.05) is 12.3 Å². The summed E-state index contributed by atoms with van der Waals surface area (Å²) in [4.78, 5) is 23.9. The van der Waals surface area contributed by atoms with E-state index in [0.29, 0.717) is 41.9 Å². The first-order valence-corrected chi connectivity index (χ1v) is 10.6. The van der Waals surface area contributed by atoms with Gasteiger partial charge in [0.2, 0.25) is 0 Å². The van der Waals surface area contributed by atoms with Crippen LogP contribution in [0.5, 0.6) is 5.75 Å². The minimum absolute atomic E-state index is 0.0878. The standard InChI is InChI=1S/C23H22F2N6O2/c1-12-5-6-31(11-13-3-4-14(7-15(12)13)33-23(24)25)22(32)18-8-16-19(10-27-18)29-21(26)17-9-28-30(2)20(16)17/h3-4,7-10,12,23H,5-6,11H2,1-2H3,(H2,26,29)/t12-/m1/s1. The number of aromatic nitrogens is 4. The molecule has 0 aliphatic carbocycles. The van der Waals surface area contributed by atoms with Crippen LogP contribution < -0.4 is 10.5 Å². The molecule has 3 aromatic heterocycles. The molecule has 0 spiro atoms. The molecule has 2 N–H and O–H groups in total. The second kappa shape index (κ2) is 7.95. The average molecular weight is 452 g/mol. The third kappa shape index (κ3) is 3.71. The minimum Gasteiger partial charge on any atom is -0.435 e. The van der Waals surface area contributed by atoms with Gasteiger partial charge < -0.3 is 15.4 Å². The number of ether oxygens (including phenoxy) is 1. The lowest BCUT2D eigenvalue weighted by atomic mass is 9.94. The number of amides is 1. The summed E-state index contributed by atoms with van der Waals surface area (Å²) in [5, 5.41) is 5.73. The van der Waals surface area contributed by atoms with E-state index in [2.05, 4.69) is 19.8 Å². The third-order valence-electron chi connectivity index (χ3n) is 6.17. The van der Waals surface area contributed by atoms with Gasteiger partial charge in [0.25, 0.3) is 5.91 Å². The van der Waals surface area contributed by atoms with E-state index in [1.54, 1.807) is 40.2 Å². The Bertz CT molecular complexity index is 1390. The number of hydrogen-bond donors (Lipinski definition) is 1. The lowest BCUT2D eigenvalue weighted by Crippen LogP contribution is -2.31. The molecule has 1 aliphatic rings. The Balaban J connectivity index is 1.50. The summed E-state index contributed by atoms with van der Waals surface area (Å²) in [7, 11) is 1.81. The highest BCUT2D eigenvalue weighted by Gasteiger charge is 2.26. The number of hydrogen-bond acceptors (Lipinski definition) is 6. The van der Waals surface area contributed by atoms with Crippen LogP contribution >= 0.6 is 0 Å². The van der Waals surface area contributed by atoms with Gasteiger partial charge in [-0.3, -0.25) is 9.48 Å². The number of aryl methyl sites for hydroxylation is 1. The molecule has 1 aromatic carbocycles. The van der Waals surface area contributed by atoms with Crippen LogP contribution in [0.1, 0.15) is 40.9 Å². The first-order chi connectivity index (χ1) is 15.8. The molecule has 0 bridgehead atoms. The van der Waals surface area contributed by atoms with Crippen molar-refractivity contribution in [3.05, 3.63) is 53.5 Å². The van der Waals surface area contributed by atoms with Crippen LogP contribution in [0.15, 0.2) is 36.7 Å². The van der Waals surface area contributed by atoms with Gasteiger partial charge in [-0.2, -0.15) is 13.9 Å². The summed E-state index contributed by atoms with van der Waals surface area (Å²) in [6, 6.07) is 6.62. The van der Waals surface area contributed by atoms with Crippen LogP contribution in [0.25, 0.3) is 21.8 Å². The molecule has 0 unspecified atom stereocenters. The monoisotopic (exact) mass is 452 g/mol. The first kappa shape index (κ1) is 21.0. The van der Waals surface area contributed by atoms with Gasteiger partial charge in [0, 0.05) is 25.5 Å². The maximum absolute atomic E-state index is 13.4. The first-order valence-electron chi connectivity index (χ1n) is 10.6. The van der Waals surface area contributed by atoms with Gasteiger partial charge in [0.15, 0.2) is 0 Å². The highest BCUT2D eigenvalue weighted by Crippen LogP contribution is 2.33. The summed E-state index contributed by atoms with van der Waals surface area (Å²) < 4.78 is 31.5. The van der Waals surface area contributed by atoms with E-state index in [1.165, 1.54) is 6.07 Å². The van der Waals surface area contributed by atoms with E-state index < -0.39 is 6.61 Å². The summed E-state index contributed by atoms with van der Waals surface area (Å²) >= 11 is 0. The summed E-state index contributed by atoms with van der Waals surface area (Å²) in [5.74, 6) is 0.361. The van der Waals surface area contributed by atoms with Crippen molar-refractivity contribution in [1.82, 2.24) is 24.6 Å². The highest BCUT2D eigenvalue weighted by molar-refractivity contribution is 6.09. The Morgan fingerprint density at radius 2 is 2.06 bits per heavy atom. The van der Waals surface area contributed by atoms with E-state index in [-0.39, 0.29) is 17.6 Å². The fraction of sp³-hybridized carbons (Fsp3) is 0.304. The molecule has 1 aliphatic heterocycles. The predicted octanol–water partition coefficient (Wildman–Crippen LogP) is 3.85. The average Bonchev–Trinajstić information content (AvgIpc) is 3.10. The van der Waals surface area contributed by atoms with Crippen molar-refractivity contribution >= 4 is 33.5 Å². The van der Waals surface area contributed by atoms with Crippen LogP contribution in [0.3, 0.4) is 0 Å². The molecule has 4 aromatic rings.